The third-order valence-corrected chi connectivity index (χ3v) is 6.37. The summed E-state index contributed by atoms with van der Waals surface area (Å²) >= 11 is 0. The Bertz CT molecular complexity index is 1460. The molecule has 192 valence electrons. The third kappa shape index (κ3) is 5.41. The molecule has 2 atom stereocenters. The lowest BCUT2D eigenvalue weighted by molar-refractivity contribution is -0.136. The Balaban J connectivity index is 1.48. The van der Waals surface area contributed by atoms with Crippen LogP contribution < -0.4 is 10.5 Å². The summed E-state index contributed by atoms with van der Waals surface area (Å²) in [5.41, 5.74) is 9.36. The highest BCUT2D eigenvalue weighted by atomic mass is 16.6. The van der Waals surface area contributed by atoms with E-state index >= 15 is 0 Å². The summed E-state index contributed by atoms with van der Waals surface area (Å²) < 4.78 is 11.9. The van der Waals surface area contributed by atoms with Gasteiger partial charge < -0.3 is 20.3 Å². The monoisotopic (exact) mass is 510 g/mol. The van der Waals surface area contributed by atoms with E-state index in [0.29, 0.717) is 28.6 Å². The van der Waals surface area contributed by atoms with Crippen LogP contribution >= 0.6 is 0 Å². The van der Waals surface area contributed by atoms with Gasteiger partial charge in [-0.15, -0.1) is 0 Å². The summed E-state index contributed by atoms with van der Waals surface area (Å²) in [7, 11) is 0. The van der Waals surface area contributed by atoms with Gasteiger partial charge in [-0.05, 0) is 48.4 Å². The number of carbonyl (C=O) groups is 2. The van der Waals surface area contributed by atoms with Crippen molar-refractivity contribution in [3.8, 4) is 22.8 Å². The average Bonchev–Trinajstić information content (AvgIpc) is 3.19. The van der Waals surface area contributed by atoms with Gasteiger partial charge in [0.25, 0.3) is 0 Å². The Hall–Kier alpha value is -4.92. The molecule has 1 fully saturated rings. The van der Waals surface area contributed by atoms with Crippen LogP contribution in [0.1, 0.15) is 29.7 Å². The van der Waals surface area contributed by atoms with E-state index in [0.717, 1.165) is 16.7 Å². The molecule has 1 saturated heterocycles. The molecule has 1 aliphatic heterocycles. The number of nitrogen functional groups attached to an aromatic ring is 1. The highest BCUT2D eigenvalue weighted by Crippen LogP contribution is 2.36. The number of rotatable bonds is 8. The largest absolute Gasteiger partial charge is 0.481 e. The molecule has 4 aromatic rings. The fourth-order valence-electron chi connectivity index (χ4n) is 4.46. The highest BCUT2D eigenvalue weighted by molar-refractivity contribution is 5.72. The number of ether oxygens (including phenoxy) is 2. The number of aromatic nitrogens is 2. The van der Waals surface area contributed by atoms with Gasteiger partial charge in [0, 0.05) is 11.1 Å². The van der Waals surface area contributed by atoms with Gasteiger partial charge in [0.05, 0.1) is 37.1 Å². The lowest BCUT2D eigenvalue weighted by atomic mass is 10.0. The molecular weight excluding hydrogens is 484 g/mol. The van der Waals surface area contributed by atoms with Crippen LogP contribution in [0.2, 0.25) is 0 Å². The zero-order valence-corrected chi connectivity index (χ0v) is 20.7. The summed E-state index contributed by atoms with van der Waals surface area (Å²) in [6.07, 6.45) is 2.14. The molecule has 0 spiro atoms. The number of amides is 1. The van der Waals surface area contributed by atoms with Gasteiger partial charge in [0.2, 0.25) is 0 Å². The standard InChI is InChI=1S/C29H26N4O5/c1-18-28(20-7-3-2-4-8-20)38-29(36)33(18)17-22-14-21(24-15-32-26(30)16-31-24)10-11-25(22)37-23-9-5-6-19(12-23)13-27(34)35/h2-12,14-16,18,28H,13,17H2,1H3,(H2,30,32)(H,34,35). The number of hydrogen-bond acceptors (Lipinski definition) is 7. The second kappa shape index (κ2) is 10.6. The van der Waals surface area contributed by atoms with Crippen molar-refractivity contribution in [1.29, 1.82) is 0 Å². The number of carboxylic acid groups (broad SMARTS) is 1. The fourth-order valence-corrected chi connectivity index (χ4v) is 4.46. The molecule has 38 heavy (non-hydrogen) atoms. The molecule has 3 N–H and O–H groups in total. The van der Waals surface area contributed by atoms with Gasteiger partial charge in [-0.2, -0.15) is 0 Å². The predicted molar refractivity (Wildman–Crippen MR) is 140 cm³/mol. The Morgan fingerprint density at radius 1 is 1.05 bits per heavy atom. The van der Waals surface area contributed by atoms with E-state index in [-0.39, 0.29) is 19.0 Å². The fraction of sp³-hybridized carbons (Fsp3) is 0.172. The first-order chi connectivity index (χ1) is 18.4. The van der Waals surface area contributed by atoms with Crippen molar-refractivity contribution in [2.75, 3.05) is 5.73 Å². The van der Waals surface area contributed by atoms with Gasteiger partial charge >= 0.3 is 12.1 Å². The van der Waals surface area contributed by atoms with Crippen molar-refractivity contribution < 1.29 is 24.2 Å². The first-order valence-corrected chi connectivity index (χ1v) is 12.1. The molecule has 1 amide bonds. The minimum Gasteiger partial charge on any atom is -0.481 e. The van der Waals surface area contributed by atoms with E-state index in [2.05, 4.69) is 9.97 Å². The van der Waals surface area contributed by atoms with Crippen molar-refractivity contribution in [3.05, 3.63) is 102 Å². The van der Waals surface area contributed by atoms with Crippen molar-refractivity contribution in [3.63, 3.8) is 0 Å². The van der Waals surface area contributed by atoms with Gasteiger partial charge in [-0.1, -0.05) is 42.5 Å². The van der Waals surface area contributed by atoms with Crippen LogP contribution in [0, 0.1) is 0 Å². The predicted octanol–water partition coefficient (Wildman–Crippen LogP) is 5.23. The maximum absolute atomic E-state index is 13.0. The summed E-state index contributed by atoms with van der Waals surface area (Å²) in [6, 6.07) is 21.9. The number of aliphatic carboxylic acids is 1. The molecule has 2 heterocycles. The molecule has 9 heteroatoms. The molecule has 2 unspecified atom stereocenters. The van der Waals surface area contributed by atoms with Crippen molar-refractivity contribution in [2.24, 2.45) is 0 Å². The normalized spacial score (nSPS) is 16.8. The molecular formula is C29H26N4O5. The van der Waals surface area contributed by atoms with Crippen LogP contribution in [0.4, 0.5) is 10.6 Å². The summed E-state index contributed by atoms with van der Waals surface area (Å²) in [5, 5.41) is 9.15. The number of nitrogens with two attached hydrogens (primary N) is 1. The molecule has 1 aliphatic rings. The Kier molecular flexibility index (Phi) is 6.90. The van der Waals surface area contributed by atoms with E-state index in [1.807, 2.05) is 49.4 Å². The smallest absolute Gasteiger partial charge is 0.411 e. The van der Waals surface area contributed by atoms with Crippen LogP contribution in [-0.2, 0) is 22.5 Å². The molecule has 1 aromatic heterocycles. The van der Waals surface area contributed by atoms with Crippen LogP contribution in [0.5, 0.6) is 11.5 Å². The number of nitrogens with zero attached hydrogens (tertiary/aromatic N) is 3. The molecule has 3 aromatic carbocycles. The topological polar surface area (TPSA) is 128 Å². The van der Waals surface area contributed by atoms with Crippen LogP contribution in [0.25, 0.3) is 11.3 Å². The Morgan fingerprint density at radius 2 is 1.87 bits per heavy atom. The lowest BCUT2D eigenvalue weighted by Crippen LogP contribution is -2.31. The Morgan fingerprint density at radius 3 is 2.61 bits per heavy atom. The maximum Gasteiger partial charge on any atom is 0.411 e. The lowest BCUT2D eigenvalue weighted by Gasteiger charge is -2.23. The SMILES string of the molecule is CC1C(c2ccccc2)OC(=O)N1Cc1cc(-c2cnc(N)cn2)ccc1Oc1cccc(CC(=O)O)c1. The van der Waals surface area contributed by atoms with E-state index in [4.69, 9.17) is 20.3 Å². The second-order valence-corrected chi connectivity index (χ2v) is 9.05. The highest BCUT2D eigenvalue weighted by Gasteiger charge is 2.39. The number of carbonyl (C=O) groups excluding carboxylic acids is 1. The Labute approximate surface area is 219 Å². The zero-order valence-electron chi connectivity index (χ0n) is 20.7. The van der Waals surface area contributed by atoms with E-state index in [1.165, 1.54) is 6.20 Å². The molecule has 0 aliphatic carbocycles. The number of cyclic esters (lactones) is 1. The summed E-state index contributed by atoms with van der Waals surface area (Å²) in [4.78, 5) is 34.3. The molecule has 0 bridgehead atoms. The minimum absolute atomic E-state index is 0.114. The number of carboxylic acids is 1. The summed E-state index contributed by atoms with van der Waals surface area (Å²) in [6.45, 7) is 2.18. The van der Waals surface area contributed by atoms with Gasteiger partial charge in [-0.25, -0.2) is 9.78 Å². The average molecular weight is 511 g/mol. The van der Waals surface area contributed by atoms with Gasteiger partial charge in [0.1, 0.15) is 23.4 Å². The minimum atomic E-state index is -0.925. The van der Waals surface area contributed by atoms with Crippen LogP contribution in [-0.4, -0.2) is 38.1 Å². The van der Waals surface area contributed by atoms with Crippen LogP contribution in [0.3, 0.4) is 0 Å². The van der Waals surface area contributed by atoms with E-state index in [9.17, 15) is 9.59 Å². The van der Waals surface area contributed by atoms with E-state index < -0.39 is 18.2 Å². The zero-order chi connectivity index (χ0) is 26.6. The molecule has 9 nitrogen and oxygen atoms in total. The molecule has 5 rings (SSSR count). The number of hydrogen-bond donors (Lipinski definition) is 2. The van der Waals surface area contributed by atoms with Crippen molar-refractivity contribution in [1.82, 2.24) is 14.9 Å². The van der Waals surface area contributed by atoms with Crippen molar-refractivity contribution >= 4 is 17.9 Å². The first-order valence-electron chi connectivity index (χ1n) is 12.1. The third-order valence-electron chi connectivity index (χ3n) is 6.37. The first kappa shape index (κ1) is 24.8. The van der Waals surface area contributed by atoms with Gasteiger partial charge in [-0.3, -0.25) is 14.7 Å². The maximum atomic E-state index is 13.0. The second-order valence-electron chi connectivity index (χ2n) is 9.05. The summed E-state index contributed by atoms with van der Waals surface area (Å²) in [5.74, 6) is 0.402. The van der Waals surface area contributed by atoms with Crippen molar-refractivity contribution in [2.45, 2.75) is 32.0 Å². The molecule has 0 saturated carbocycles. The number of anilines is 1. The van der Waals surface area contributed by atoms with E-state index in [1.54, 1.807) is 41.4 Å². The van der Waals surface area contributed by atoms with Crippen LogP contribution in [0.15, 0.2) is 85.2 Å². The molecule has 0 radical (unpaired) electrons. The number of benzene rings is 3. The quantitative estimate of drug-likeness (QED) is 0.330. The van der Waals surface area contributed by atoms with Gasteiger partial charge in [0.15, 0.2) is 0 Å².